The zero-order valence-electron chi connectivity index (χ0n) is 18.5. The van der Waals surface area contributed by atoms with Gasteiger partial charge in [0.15, 0.2) is 11.6 Å². The standard InChI is InChI=1S/C23H26N8O/c1-16-12-17(2)31(28-16)21-13-20(25-22(32)15-30-10-8-29(3)9-11-30)26-23(27-21)19-7-5-4-6-18(19)14-24/h4-7,12-13H,8-11,15H2,1-3H3,(H,25,26,27,32). The Hall–Kier alpha value is -3.61. The first-order chi connectivity index (χ1) is 15.4. The molecule has 32 heavy (non-hydrogen) atoms. The third-order valence-corrected chi connectivity index (χ3v) is 5.46. The van der Waals surface area contributed by atoms with E-state index in [-0.39, 0.29) is 5.91 Å². The van der Waals surface area contributed by atoms with Crippen molar-refractivity contribution in [2.24, 2.45) is 0 Å². The lowest BCUT2D eigenvalue weighted by atomic mass is 10.1. The Labute approximate surface area is 187 Å². The van der Waals surface area contributed by atoms with Gasteiger partial charge in [-0.05, 0) is 39.1 Å². The number of amides is 1. The molecule has 0 bridgehead atoms. The third kappa shape index (κ3) is 4.82. The van der Waals surface area contributed by atoms with Crippen LogP contribution in [0, 0.1) is 25.2 Å². The van der Waals surface area contributed by atoms with Gasteiger partial charge in [-0.2, -0.15) is 10.4 Å². The summed E-state index contributed by atoms with van der Waals surface area (Å²) in [7, 11) is 2.08. The number of aryl methyl sites for hydroxylation is 2. The van der Waals surface area contributed by atoms with Crippen LogP contribution in [0.1, 0.15) is 17.0 Å². The van der Waals surface area contributed by atoms with E-state index < -0.39 is 0 Å². The van der Waals surface area contributed by atoms with Gasteiger partial charge >= 0.3 is 0 Å². The number of rotatable bonds is 5. The minimum atomic E-state index is -0.132. The van der Waals surface area contributed by atoms with Gasteiger partial charge in [-0.15, -0.1) is 0 Å². The van der Waals surface area contributed by atoms with Gasteiger partial charge in [0.25, 0.3) is 0 Å². The quantitative estimate of drug-likeness (QED) is 0.660. The molecule has 0 saturated carbocycles. The first kappa shape index (κ1) is 21.6. The Balaban J connectivity index is 1.67. The summed E-state index contributed by atoms with van der Waals surface area (Å²) in [5.74, 6) is 1.14. The number of carbonyl (C=O) groups excluding carboxylic acids is 1. The monoisotopic (exact) mass is 430 g/mol. The first-order valence-corrected chi connectivity index (χ1v) is 10.6. The zero-order valence-corrected chi connectivity index (χ0v) is 18.5. The van der Waals surface area contributed by atoms with Crippen LogP contribution in [0.2, 0.25) is 0 Å². The molecule has 1 aromatic carbocycles. The van der Waals surface area contributed by atoms with Gasteiger partial charge in [0.2, 0.25) is 5.91 Å². The Morgan fingerprint density at radius 3 is 2.56 bits per heavy atom. The highest BCUT2D eigenvalue weighted by Crippen LogP contribution is 2.23. The smallest absolute Gasteiger partial charge is 0.239 e. The molecule has 1 fully saturated rings. The van der Waals surface area contributed by atoms with Gasteiger partial charge in [0.1, 0.15) is 5.82 Å². The molecule has 3 aromatic rings. The van der Waals surface area contributed by atoms with Crippen molar-refractivity contribution in [3.05, 3.63) is 53.3 Å². The summed E-state index contributed by atoms with van der Waals surface area (Å²) in [5.41, 5.74) is 2.84. The van der Waals surface area contributed by atoms with Crippen LogP contribution >= 0.6 is 0 Å². The van der Waals surface area contributed by atoms with Crippen LogP contribution < -0.4 is 5.32 Å². The lowest BCUT2D eigenvalue weighted by Gasteiger charge is -2.31. The molecule has 2 aromatic heterocycles. The summed E-state index contributed by atoms with van der Waals surface area (Å²) < 4.78 is 1.71. The normalized spacial score (nSPS) is 14.8. The average Bonchev–Trinajstić information content (AvgIpc) is 3.13. The molecule has 0 spiro atoms. The molecule has 1 aliphatic rings. The minimum Gasteiger partial charge on any atom is -0.309 e. The highest BCUT2D eigenvalue weighted by Gasteiger charge is 2.19. The minimum absolute atomic E-state index is 0.132. The molecular formula is C23H26N8O. The maximum absolute atomic E-state index is 12.8. The number of carbonyl (C=O) groups is 1. The van der Waals surface area contributed by atoms with Gasteiger partial charge in [0, 0.05) is 43.5 Å². The van der Waals surface area contributed by atoms with Crippen molar-refractivity contribution < 1.29 is 4.79 Å². The third-order valence-electron chi connectivity index (χ3n) is 5.46. The summed E-state index contributed by atoms with van der Waals surface area (Å²) in [6, 6.07) is 13.0. The van der Waals surface area contributed by atoms with Gasteiger partial charge in [-0.3, -0.25) is 9.69 Å². The second kappa shape index (κ2) is 9.26. The second-order valence-corrected chi connectivity index (χ2v) is 8.06. The van der Waals surface area contributed by atoms with Crippen LogP contribution in [-0.4, -0.2) is 75.2 Å². The number of aromatic nitrogens is 4. The molecule has 1 amide bonds. The van der Waals surface area contributed by atoms with E-state index in [0.29, 0.717) is 35.1 Å². The van der Waals surface area contributed by atoms with E-state index >= 15 is 0 Å². The van der Waals surface area contributed by atoms with E-state index in [2.05, 4.69) is 43.3 Å². The number of hydrogen-bond acceptors (Lipinski definition) is 7. The largest absolute Gasteiger partial charge is 0.309 e. The van der Waals surface area contributed by atoms with Crippen molar-refractivity contribution in [2.75, 3.05) is 45.1 Å². The second-order valence-electron chi connectivity index (χ2n) is 8.06. The fourth-order valence-corrected chi connectivity index (χ4v) is 3.76. The van der Waals surface area contributed by atoms with Gasteiger partial charge < -0.3 is 10.2 Å². The number of hydrogen-bond donors (Lipinski definition) is 1. The molecule has 4 rings (SSSR count). The summed E-state index contributed by atoms with van der Waals surface area (Å²) in [5, 5.41) is 17.0. The van der Waals surface area contributed by atoms with E-state index in [9.17, 15) is 10.1 Å². The Kier molecular flexibility index (Phi) is 6.25. The average molecular weight is 431 g/mol. The lowest BCUT2D eigenvalue weighted by molar-refractivity contribution is -0.117. The molecule has 9 nitrogen and oxygen atoms in total. The maximum atomic E-state index is 12.8. The molecule has 1 aliphatic heterocycles. The molecule has 0 atom stereocenters. The van der Waals surface area contributed by atoms with Crippen LogP contribution in [0.15, 0.2) is 36.4 Å². The van der Waals surface area contributed by atoms with Crippen molar-refractivity contribution in [3.63, 3.8) is 0 Å². The number of benzene rings is 1. The fraction of sp³-hybridized carbons (Fsp3) is 0.348. The molecule has 1 saturated heterocycles. The van der Waals surface area contributed by atoms with Crippen LogP contribution in [0.3, 0.4) is 0 Å². The number of nitriles is 1. The summed E-state index contributed by atoms with van der Waals surface area (Å²) in [6.45, 7) is 7.75. The maximum Gasteiger partial charge on any atom is 0.239 e. The predicted molar refractivity (Wildman–Crippen MR) is 121 cm³/mol. The van der Waals surface area contributed by atoms with E-state index in [0.717, 1.165) is 37.6 Å². The molecular weight excluding hydrogens is 404 g/mol. The molecule has 164 valence electrons. The molecule has 3 heterocycles. The lowest BCUT2D eigenvalue weighted by Crippen LogP contribution is -2.47. The summed E-state index contributed by atoms with van der Waals surface area (Å²) in [6.07, 6.45) is 0. The van der Waals surface area contributed by atoms with E-state index in [1.165, 1.54) is 0 Å². The van der Waals surface area contributed by atoms with Gasteiger partial charge in [0.05, 0.1) is 23.9 Å². The van der Waals surface area contributed by atoms with Gasteiger partial charge in [-0.25, -0.2) is 14.6 Å². The Morgan fingerprint density at radius 2 is 1.88 bits per heavy atom. The number of anilines is 1. The van der Waals surface area contributed by atoms with Crippen molar-refractivity contribution >= 4 is 11.7 Å². The fourth-order valence-electron chi connectivity index (χ4n) is 3.76. The molecule has 9 heteroatoms. The van der Waals surface area contributed by atoms with E-state index in [4.69, 9.17) is 0 Å². The number of nitrogens with zero attached hydrogens (tertiary/aromatic N) is 7. The van der Waals surface area contributed by atoms with Crippen LogP contribution in [-0.2, 0) is 4.79 Å². The van der Waals surface area contributed by atoms with Crippen molar-refractivity contribution in [1.29, 1.82) is 5.26 Å². The topological polar surface area (TPSA) is 103 Å². The van der Waals surface area contributed by atoms with E-state index in [1.54, 1.807) is 28.9 Å². The number of nitrogens with one attached hydrogen (secondary N) is 1. The highest BCUT2D eigenvalue weighted by molar-refractivity contribution is 5.91. The Bertz CT molecular complexity index is 1170. The number of likely N-dealkylation sites (N-methyl/N-ethyl adjacent to an activating group) is 1. The highest BCUT2D eigenvalue weighted by atomic mass is 16.2. The first-order valence-electron chi connectivity index (χ1n) is 10.6. The Morgan fingerprint density at radius 1 is 1.12 bits per heavy atom. The molecule has 0 radical (unpaired) electrons. The predicted octanol–water partition coefficient (Wildman–Crippen LogP) is 2.00. The summed E-state index contributed by atoms with van der Waals surface area (Å²) in [4.78, 5) is 26.3. The van der Waals surface area contributed by atoms with Crippen molar-refractivity contribution in [2.45, 2.75) is 13.8 Å². The molecule has 0 aliphatic carbocycles. The van der Waals surface area contributed by atoms with Crippen LogP contribution in [0.4, 0.5) is 5.82 Å². The summed E-state index contributed by atoms with van der Waals surface area (Å²) >= 11 is 0. The van der Waals surface area contributed by atoms with Crippen molar-refractivity contribution in [3.8, 4) is 23.3 Å². The van der Waals surface area contributed by atoms with Crippen LogP contribution in [0.25, 0.3) is 17.2 Å². The van der Waals surface area contributed by atoms with Crippen molar-refractivity contribution in [1.82, 2.24) is 29.5 Å². The molecule has 1 N–H and O–H groups in total. The van der Waals surface area contributed by atoms with Gasteiger partial charge in [-0.1, -0.05) is 12.1 Å². The SMILES string of the molecule is Cc1cc(C)n(-c2cc(NC(=O)CN3CCN(C)CC3)nc(-c3ccccc3C#N)n2)n1. The molecule has 0 unspecified atom stereocenters. The van der Waals surface area contributed by atoms with Crippen LogP contribution in [0.5, 0.6) is 0 Å². The zero-order chi connectivity index (χ0) is 22.7. The van der Waals surface area contributed by atoms with E-state index in [1.807, 2.05) is 26.0 Å². The number of piperazine rings is 1.